The van der Waals surface area contributed by atoms with Crippen LogP contribution >= 0.6 is 11.8 Å². The van der Waals surface area contributed by atoms with E-state index in [1.54, 1.807) is 7.11 Å². The summed E-state index contributed by atoms with van der Waals surface area (Å²) >= 11 is 1.84. The van der Waals surface area contributed by atoms with Gasteiger partial charge in [0, 0.05) is 5.25 Å². The molecule has 1 fully saturated rings. The van der Waals surface area contributed by atoms with Crippen molar-refractivity contribution in [3.8, 4) is 5.75 Å². The molecule has 1 aliphatic rings. The standard InChI is InChI=1S/C13H18O2S/c1-10-13(14,7-4-8-16-10)11-5-3-6-12(9-11)15-2/h3,5-6,9-10,14H,4,7-8H2,1-2H3. The van der Waals surface area contributed by atoms with Gasteiger partial charge in [-0.3, -0.25) is 0 Å². The van der Waals surface area contributed by atoms with E-state index in [2.05, 4.69) is 6.92 Å². The smallest absolute Gasteiger partial charge is 0.119 e. The normalized spacial score (nSPS) is 30.1. The predicted molar refractivity (Wildman–Crippen MR) is 68.0 cm³/mol. The molecular formula is C13H18O2S. The molecule has 0 bridgehead atoms. The van der Waals surface area contributed by atoms with Gasteiger partial charge in [-0.05, 0) is 36.3 Å². The third-order valence-electron chi connectivity index (χ3n) is 3.31. The molecule has 1 aliphatic heterocycles. The summed E-state index contributed by atoms with van der Waals surface area (Å²) in [6.07, 6.45) is 1.91. The van der Waals surface area contributed by atoms with Gasteiger partial charge in [-0.15, -0.1) is 0 Å². The van der Waals surface area contributed by atoms with Gasteiger partial charge in [0.2, 0.25) is 0 Å². The Kier molecular flexibility index (Phi) is 3.45. The number of hydrogen-bond acceptors (Lipinski definition) is 3. The highest BCUT2D eigenvalue weighted by Crippen LogP contribution is 2.41. The van der Waals surface area contributed by atoms with Crippen LogP contribution in [0.25, 0.3) is 0 Å². The molecule has 1 aromatic carbocycles. The van der Waals surface area contributed by atoms with Crippen molar-refractivity contribution < 1.29 is 9.84 Å². The minimum Gasteiger partial charge on any atom is -0.497 e. The average Bonchev–Trinajstić information content (AvgIpc) is 2.33. The molecule has 0 amide bonds. The second kappa shape index (κ2) is 4.68. The molecule has 2 nitrogen and oxygen atoms in total. The maximum atomic E-state index is 10.8. The van der Waals surface area contributed by atoms with Crippen molar-refractivity contribution in [2.24, 2.45) is 0 Å². The highest BCUT2D eigenvalue weighted by molar-refractivity contribution is 8.00. The lowest BCUT2D eigenvalue weighted by Gasteiger charge is -2.38. The molecule has 3 heteroatoms. The minimum atomic E-state index is -0.697. The molecule has 0 spiro atoms. The van der Waals surface area contributed by atoms with Gasteiger partial charge in [0.25, 0.3) is 0 Å². The third-order valence-corrected chi connectivity index (χ3v) is 4.73. The maximum Gasteiger partial charge on any atom is 0.119 e. The number of hydrogen-bond donors (Lipinski definition) is 1. The number of rotatable bonds is 2. The predicted octanol–water partition coefficient (Wildman–Crippen LogP) is 2.80. The van der Waals surface area contributed by atoms with Crippen LogP contribution in [-0.2, 0) is 5.60 Å². The fraction of sp³-hybridized carbons (Fsp3) is 0.538. The van der Waals surface area contributed by atoms with E-state index in [4.69, 9.17) is 4.74 Å². The zero-order chi connectivity index (χ0) is 11.6. The number of aliphatic hydroxyl groups is 1. The lowest BCUT2D eigenvalue weighted by molar-refractivity contribution is 0.0252. The molecule has 0 aliphatic carbocycles. The monoisotopic (exact) mass is 238 g/mol. The molecule has 88 valence electrons. The second-order valence-electron chi connectivity index (χ2n) is 4.27. The Balaban J connectivity index is 2.33. The minimum absolute atomic E-state index is 0.244. The number of ether oxygens (including phenoxy) is 1. The average molecular weight is 238 g/mol. The lowest BCUT2D eigenvalue weighted by atomic mass is 9.86. The van der Waals surface area contributed by atoms with Crippen molar-refractivity contribution in [3.63, 3.8) is 0 Å². The van der Waals surface area contributed by atoms with Gasteiger partial charge in [-0.2, -0.15) is 11.8 Å². The highest BCUT2D eigenvalue weighted by atomic mass is 32.2. The van der Waals surface area contributed by atoms with Gasteiger partial charge in [0.1, 0.15) is 11.4 Å². The first-order chi connectivity index (χ1) is 7.66. The maximum absolute atomic E-state index is 10.8. The van der Waals surface area contributed by atoms with Gasteiger partial charge in [0.15, 0.2) is 0 Å². The molecule has 1 N–H and O–H groups in total. The molecule has 0 aromatic heterocycles. The molecule has 1 saturated heterocycles. The SMILES string of the molecule is COc1cccc(C2(O)CCCSC2C)c1. The first kappa shape index (κ1) is 11.8. The Morgan fingerprint density at radius 3 is 3.00 bits per heavy atom. The zero-order valence-corrected chi connectivity index (χ0v) is 10.6. The van der Waals surface area contributed by atoms with E-state index >= 15 is 0 Å². The van der Waals surface area contributed by atoms with E-state index in [1.807, 2.05) is 36.0 Å². The molecular weight excluding hydrogens is 220 g/mol. The number of methoxy groups -OCH3 is 1. The molecule has 2 unspecified atom stereocenters. The van der Waals surface area contributed by atoms with Crippen molar-refractivity contribution in [2.45, 2.75) is 30.6 Å². The molecule has 0 radical (unpaired) electrons. The quantitative estimate of drug-likeness (QED) is 0.859. The Morgan fingerprint density at radius 2 is 2.31 bits per heavy atom. The summed E-state index contributed by atoms with van der Waals surface area (Å²) in [4.78, 5) is 0. The fourth-order valence-corrected chi connectivity index (χ4v) is 3.41. The Morgan fingerprint density at radius 1 is 1.50 bits per heavy atom. The Bertz CT molecular complexity index is 367. The molecule has 1 heterocycles. The largest absolute Gasteiger partial charge is 0.497 e. The topological polar surface area (TPSA) is 29.5 Å². The number of thioether (sulfide) groups is 1. The van der Waals surface area contributed by atoms with Gasteiger partial charge >= 0.3 is 0 Å². The first-order valence-electron chi connectivity index (χ1n) is 5.65. The summed E-state index contributed by atoms with van der Waals surface area (Å²) in [5, 5.41) is 11.0. The molecule has 2 atom stereocenters. The van der Waals surface area contributed by atoms with Crippen LogP contribution in [0.5, 0.6) is 5.75 Å². The van der Waals surface area contributed by atoms with Crippen molar-refractivity contribution in [3.05, 3.63) is 29.8 Å². The van der Waals surface area contributed by atoms with E-state index in [9.17, 15) is 5.11 Å². The van der Waals surface area contributed by atoms with E-state index in [0.29, 0.717) is 0 Å². The van der Waals surface area contributed by atoms with Gasteiger partial charge in [-0.25, -0.2) is 0 Å². The molecule has 2 rings (SSSR count). The molecule has 1 aromatic rings. The van der Waals surface area contributed by atoms with Crippen LogP contribution in [0.15, 0.2) is 24.3 Å². The van der Waals surface area contributed by atoms with E-state index in [-0.39, 0.29) is 5.25 Å². The molecule has 0 saturated carbocycles. The highest BCUT2D eigenvalue weighted by Gasteiger charge is 2.38. The van der Waals surface area contributed by atoms with E-state index in [0.717, 1.165) is 29.9 Å². The molecule has 16 heavy (non-hydrogen) atoms. The van der Waals surface area contributed by atoms with Crippen molar-refractivity contribution in [1.29, 1.82) is 0 Å². The number of benzene rings is 1. The summed E-state index contributed by atoms with van der Waals surface area (Å²) in [5.41, 5.74) is 0.281. The zero-order valence-electron chi connectivity index (χ0n) is 9.77. The summed E-state index contributed by atoms with van der Waals surface area (Å²) in [7, 11) is 1.65. The van der Waals surface area contributed by atoms with Crippen LogP contribution in [0.3, 0.4) is 0 Å². The Labute approximate surface area is 101 Å². The Hall–Kier alpha value is -0.670. The summed E-state index contributed by atoms with van der Waals surface area (Å²) in [6, 6.07) is 7.79. The van der Waals surface area contributed by atoms with Crippen LogP contribution in [-0.4, -0.2) is 23.2 Å². The van der Waals surface area contributed by atoms with Crippen LogP contribution in [0.1, 0.15) is 25.3 Å². The fourth-order valence-electron chi connectivity index (χ4n) is 2.21. The van der Waals surface area contributed by atoms with Crippen molar-refractivity contribution in [1.82, 2.24) is 0 Å². The first-order valence-corrected chi connectivity index (χ1v) is 6.70. The summed E-state index contributed by atoms with van der Waals surface area (Å²) in [6.45, 7) is 2.10. The van der Waals surface area contributed by atoms with Crippen molar-refractivity contribution >= 4 is 11.8 Å². The third kappa shape index (κ3) is 2.06. The van der Waals surface area contributed by atoms with E-state index in [1.165, 1.54) is 0 Å². The van der Waals surface area contributed by atoms with Gasteiger partial charge in [0.05, 0.1) is 7.11 Å². The summed E-state index contributed by atoms with van der Waals surface area (Å²) in [5.74, 6) is 1.96. The van der Waals surface area contributed by atoms with Crippen molar-refractivity contribution in [2.75, 3.05) is 12.9 Å². The van der Waals surface area contributed by atoms with Crippen LogP contribution in [0.4, 0.5) is 0 Å². The van der Waals surface area contributed by atoms with Crippen LogP contribution < -0.4 is 4.74 Å². The van der Waals surface area contributed by atoms with Crippen LogP contribution in [0, 0.1) is 0 Å². The van der Waals surface area contributed by atoms with Crippen LogP contribution in [0.2, 0.25) is 0 Å². The van der Waals surface area contributed by atoms with Gasteiger partial charge in [-0.1, -0.05) is 19.1 Å². The second-order valence-corrected chi connectivity index (χ2v) is 5.72. The lowest BCUT2D eigenvalue weighted by Crippen LogP contribution is -2.38. The van der Waals surface area contributed by atoms with E-state index < -0.39 is 5.60 Å². The summed E-state index contributed by atoms with van der Waals surface area (Å²) < 4.78 is 5.21. The van der Waals surface area contributed by atoms with Gasteiger partial charge < -0.3 is 9.84 Å².